The average Bonchev–Trinajstić information content (AvgIpc) is 3.92. The van der Waals surface area contributed by atoms with Gasteiger partial charge in [0.2, 0.25) is 0 Å². The summed E-state index contributed by atoms with van der Waals surface area (Å²) in [7, 11) is 0. The van der Waals surface area contributed by atoms with Crippen LogP contribution in [-0.4, -0.2) is 0 Å². The van der Waals surface area contributed by atoms with E-state index in [0.29, 0.717) is 5.92 Å². The van der Waals surface area contributed by atoms with Crippen molar-refractivity contribution < 1.29 is 0 Å². The van der Waals surface area contributed by atoms with Crippen LogP contribution < -0.4 is 5.73 Å². The van der Waals surface area contributed by atoms with E-state index in [4.69, 9.17) is 5.73 Å². The molecule has 1 nitrogen and oxygen atoms in total. The lowest BCUT2D eigenvalue weighted by atomic mass is 9.55. The summed E-state index contributed by atoms with van der Waals surface area (Å²) in [5, 5.41) is 0. The fourth-order valence-corrected chi connectivity index (χ4v) is 11.9. The molecule has 0 heterocycles. The predicted molar refractivity (Wildman–Crippen MR) is 295 cm³/mol. The van der Waals surface area contributed by atoms with Gasteiger partial charge in [-0.05, 0) is 132 Å². The highest BCUT2D eigenvalue weighted by molar-refractivity contribution is 5.96. The Morgan fingerprint density at radius 2 is 1.17 bits per heavy atom. The average molecular weight is 894 g/mol. The van der Waals surface area contributed by atoms with Crippen LogP contribution in [0.4, 0.5) is 5.69 Å². The van der Waals surface area contributed by atoms with E-state index in [2.05, 4.69) is 234 Å². The van der Waals surface area contributed by atoms with Crippen molar-refractivity contribution in [2.75, 3.05) is 5.73 Å². The Bertz CT molecular complexity index is 3220. The number of fused-ring (bicyclic) bond motifs is 12. The summed E-state index contributed by atoms with van der Waals surface area (Å²) in [5.41, 5.74) is 29.6. The third kappa shape index (κ3) is 7.85. The smallest absolute Gasteiger partial charge is 0.0719 e. The number of allylic oxidation sites excluding steroid dienone is 13. The van der Waals surface area contributed by atoms with E-state index in [1.165, 1.54) is 94.6 Å². The van der Waals surface area contributed by atoms with Crippen LogP contribution in [0.1, 0.15) is 97.5 Å². The highest BCUT2D eigenvalue weighted by atomic mass is 14.6. The topological polar surface area (TPSA) is 26.0 Å². The summed E-state index contributed by atoms with van der Waals surface area (Å²) in [5.74, 6) is 0.593. The fraction of sp³-hybridized carbons (Fsp3) is 0.176. The molecule has 7 aromatic rings. The zero-order valence-corrected chi connectivity index (χ0v) is 40.8. The maximum atomic E-state index is 6.04. The van der Waals surface area contributed by atoms with Crippen LogP contribution >= 0.6 is 0 Å². The third-order valence-corrected chi connectivity index (χ3v) is 15.3. The monoisotopic (exact) mass is 893 g/mol. The van der Waals surface area contributed by atoms with Crippen LogP contribution in [0.5, 0.6) is 0 Å². The molecule has 2 unspecified atom stereocenters. The van der Waals surface area contributed by atoms with E-state index in [0.717, 1.165) is 24.9 Å². The molecule has 2 atom stereocenters. The Morgan fingerprint density at radius 1 is 0.580 bits per heavy atom. The van der Waals surface area contributed by atoms with Crippen molar-refractivity contribution in [2.24, 2.45) is 11.3 Å². The molecule has 12 rings (SSSR count). The molecule has 0 amide bonds. The zero-order chi connectivity index (χ0) is 47.8. The molecule has 1 spiro atoms. The van der Waals surface area contributed by atoms with Crippen LogP contribution in [0.15, 0.2) is 242 Å². The van der Waals surface area contributed by atoms with E-state index in [9.17, 15) is 0 Å². The minimum atomic E-state index is -0.349. The van der Waals surface area contributed by atoms with Crippen molar-refractivity contribution in [1.29, 1.82) is 0 Å². The number of hydrogen-bond acceptors (Lipinski definition) is 1. The molecule has 340 valence electrons. The second kappa shape index (κ2) is 18.5. The molecular formula is C68H63N. The summed E-state index contributed by atoms with van der Waals surface area (Å²) < 4.78 is 0. The molecule has 0 aromatic heterocycles. The van der Waals surface area contributed by atoms with Gasteiger partial charge in [0.25, 0.3) is 0 Å². The Hall–Kier alpha value is -7.48. The SMILES string of the molecule is C=C/C=C(\C=C/C1(C)C=CC(c2ccccc2)=CC1)C1=CC=C2c3ccccc3CC2C1.CC.CC1(C)c2ccccc2C2(c3ccccc3-c3c(-c4ccc(N)cc4)cccc32)c2ccccc21. The van der Waals surface area contributed by atoms with E-state index >= 15 is 0 Å². The summed E-state index contributed by atoms with van der Waals surface area (Å²) in [4.78, 5) is 0. The van der Waals surface area contributed by atoms with Crippen molar-refractivity contribution >= 4 is 16.8 Å². The van der Waals surface area contributed by atoms with E-state index in [1.54, 1.807) is 0 Å². The lowest BCUT2D eigenvalue weighted by molar-refractivity contribution is 0.557. The minimum Gasteiger partial charge on any atom is -0.399 e. The molecule has 7 aromatic carbocycles. The molecule has 0 bridgehead atoms. The van der Waals surface area contributed by atoms with E-state index in [1.807, 2.05) is 32.1 Å². The summed E-state index contributed by atoms with van der Waals surface area (Å²) in [6.07, 6.45) is 23.6. The van der Waals surface area contributed by atoms with Gasteiger partial charge < -0.3 is 5.73 Å². The first-order valence-corrected chi connectivity index (χ1v) is 24.9. The quantitative estimate of drug-likeness (QED) is 0.131. The molecule has 5 aliphatic rings. The van der Waals surface area contributed by atoms with Gasteiger partial charge in [-0.15, -0.1) is 0 Å². The first-order valence-electron chi connectivity index (χ1n) is 24.9. The number of benzene rings is 7. The van der Waals surface area contributed by atoms with Gasteiger partial charge in [-0.3, -0.25) is 0 Å². The van der Waals surface area contributed by atoms with Gasteiger partial charge in [0.05, 0.1) is 5.41 Å². The molecule has 0 saturated carbocycles. The van der Waals surface area contributed by atoms with Crippen LogP contribution in [0.2, 0.25) is 0 Å². The van der Waals surface area contributed by atoms with Crippen LogP contribution in [0.3, 0.4) is 0 Å². The highest BCUT2D eigenvalue weighted by Crippen LogP contribution is 2.63. The van der Waals surface area contributed by atoms with Crippen molar-refractivity contribution in [1.82, 2.24) is 0 Å². The van der Waals surface area contributed by atoms with Gasteiger partial charge in [-0.2, -0.15) is 0 Å². The van der Waals surface area contributed by atoms with Gasteiger partial charge in [0, 0.05) is 16.5 Å². The molecule has 0 aliphatic heterocycles. The Kier molecular flexibility index (Phi) is 12.2. The maximum absolute atomic E-state index is 6.04. The largest absolute Gasteiger partial charge is 0.399 e. The normalized spacial score (nSPS) is 19.4. The van der Waals surface area contributed by atoms with E-state index < -0.39 is 0 Å². The van der Waals surface area contributed by atoms with Crippen LogP contribution in [0.25, 0.3) is 33.4 Å². The molecule has 0 fully saturated rings. The fourth-order valence-electron chi connectivity index (χ4n) is 11.9. The highest BCUT2D eigenvalue weighted by Gasteiger charge is 2.53. The van der Waals surface area contributed by atoms with Crippen molar-refractivity contribution in [2.45, 2.75) is 64.7 Å². The summed E-state index contributed by atoms with van der Waals surface area (Å²) in [6.45, 7) is 15.0. The van der Waals surface area contributed by atoms with Crippen molar-refractivity contribution in [3.05, 3.63) is 292 Å². The van der Waals surface area contributed by atoms with Gasteiger partial charge in [-0.25, -0.2) is 0 Å². The van der Waals surface area contributed by atoms with Gasteiger partial charge >= 0.3 is 0 Å². The van der Waals surface area contributed by atoms with Crippen LogP contribution in [-0.2, 0) is 17.3 Å². The number of rotatable bonds is 6. The van der Waals surface area contributed by atoms with Gasteiger partial charge in [-0.1, -0.05) is 254 Å². The summed E-state index contributed by atoms with van der Waals surface area (Å²) >= 11 is 0. The minimum absolute atomic E-state index is 0.0262. The number of nitrogens with two attached hydrogens (primary N) is 1. The standard InChI is InChI=1S/C34H27N.C32H30.C2H6/c1-33(2)27-13-5-7-15-29(27)34(30-16-8-6-14-28(30)33)26-12-4-3-10-25(26)32-24(11-9-17-31(32)34)22-18-20-23(35)21-19-22;1-3-9-24(27-14-15-31-29(22-27)23-28-12-7-8-13-30(28)31)16-19-32(2)20-17-26(18-21-32)25-10-5-4-6-11-25;1-2/h3-21H,35H2,1-2H3;3-20,29H,1,21-23H2,2H3;1-2H3/b;19-16-,24-9+;. The second-order valence-corrected chi connectivity index (χ2v) is 19.7. The van der Waals surface area contributed by atoms with Gasteiger partial charge in [0.1, 0.15) is 0 Å². The Balaban J connectivity index is 0.000000156. The van der Waals surface area contributed by atoms with Gasteiger partial charge in [0.15, 0.2) is 0 Å². The van der Waals surface area contributed by atoms with E-state index in [-0.39, 0.29) is 16.2 Å². The summed E-state index contributed by atoms with van der Waals surface area (Å²) in [6, 6.07) is 61.8. The Morgan fingerprint density at radius 3 is 1.84 bits per heavy atom. The number of hydrogen-bond donors (Lipinski definition) is 1. The molecule has 0 radical (unpaired) electrons. The number of nitrogen functional groups attached to an aromatic ring is 1. The Labute approximate surface area is 411 Å². The lowest BCUT2D eigenvalue weighted by Crippen LogP contribution is -2.40. The molecular weight excluding hydrogens is 831 g/mol. The van der Waals surface area contributed by atoms with Crippen molar-refractivity contribution in [3.8, 4) is 22.3 Å². The molecule has 5 aliphatic carbocycles. The van der Waals surface area contributed by atoms with Crippen molar-refractivity contribution in [3.63, 3.8) is 0 Å². The predicted octanol–water partition coefficient (Wildman–Crippen LogP) is 17.3. The maximum Gasteiger partial charge on any atom is 0.0719 e. The first-order chi connectivity index (χ1) is 33.7. The van der Waals surface area contributed by atoms with Crippen LogP contribution in [0, 0.1) is 11.3 Å². The number of anilines is 1. The molecule has 69 heavy (non-hydrogen) atoms. The third-order valence-electron chi connectivity index (χ3n) is 15.3. The molecule has 2 N–H and O–H groups in total. The second-order valence-electron chi connectivity index (χ2n) is 19.7. The lowest BCUT2D eigenvalue weighted by Gasteiger charge is -2.46. The molecule has 1 heteroatoms. The zero-order valence-electron chi connectivity index (χ0n) is 40.8. The first kappa shape index (κ1) is 45.3. The molecule has 0 saturated heterocycles.